The van der Waals surface area contributed by atoms with E-state index < -0.39 is 17.9 Å². The molecule has 0 amide bonds. The Morgan fingerprint density at radius 1 is 1.04 bits per heavy atom. The van der Waals surface area contributed by atoms with Crippen LogP contribution in [0.15, 0.2) is 54.6 Å². The van der Waals surface area contributed by atoms with E-state index in [0.29, 0.717) is 0 Å². The minimum Gasteiger partial charge on any atom is -0.359 e. The molecule has 0 bridgehead atoms. The summed E-state index contributed by atoms with van der Waals surface area (Å²) in [5.41, 5.74) is 2.80. The lowest BCUT2D eigenvalue weighted by molar-refractivity contribution is -0.138. The first-order chi connectivity index (χ1) is 11.4. The van der Waals surface area contributed by atoms with E-state index in [1.807, 2.05) is 37.3 Å². The van der Waals surface area contributed by atoms with Gasteiger partial charge in [0.1, 0.15) is 6.17 Å². The molecule has 3 aromatic rings. The van der Waals surface area contributed by atoms with Crippen LogP contribution in [0.5, 0.6) is 0 Å². The van der Waals surface area contributed by atoms with Crippen molar-refractivity contribution >= 4 is 5.69 Å². The predicted octanol–water partition coefficient (Wildman–Crippen LogP) is 4.85. The SMILES string of the molecule is Cc1cc2n(n1)C(c1ccccc1C(F)(F)F)Nc1ccccc1-2. The Morgan fingerprint density at radius 2 is 1.75 bits per heavy atom. The van der Waals surface area contributed by atoms with Crippen LogP contribution in [-0.2, 0) is 6.18 Å². The van der Waals surface area contributed by atoms with E-state index in [1.54, 1.807) is 10.7 Å². The second-order valence-electron chi connectivity index (χ2n) is 5.79. The molecular weight excluding hydrogens is 315 g/mol. The standard InChI is InChI=1S/C18H14F3N3/c1-11-10-16-13-7-3-5-9-15(13)22-17(24(16)23-11)12-6-2-4-8-14(12)18(19,20)21/h2-10,17,22H,1H3. The molecule has 0 saturated carbocycles. The number of para-hydroxylation sites is 1. The van der Waals surface area contributed by atoms with Crippen LogP contribution >= 0.6 is 0 Å². The number of alkyl halides is 3. The van der Waals surface area contributed by atoms with Crippen molar-refractivity contribution in [2.45, 2.75) is 19.3 Å². The molecule has 122 valence electrons. The number of hydrogen-bond acceptors (Lipinski definition) is 2. The van der Waals surface area contributed by atoms with E-state index in [1.165, 1.54) is 12.1 Å². The Balaban J connectivity index is 1.93. The van der Waals surface area contributed by atoms with Gasteiger partial charge in [0.2, 0.25) is 0 Å². The Kier molecular flexibility index (Phi) is 3.16. The first-order valence-corrected chi connectivity index (χ1v) is 7.53. The van der Waals surface area contributed by atoms with Crippen molar-refractivity contribution in [3.05, 3.63) is 71.4 Å². The quantitative estimate of drug-likeness (QED) is 0.692. The van der Waals surface area contributed by atoms with Crippen molar-refractivity contribution in [2.24, 2.45) is 0 Å². The number of hydrogen-bond donors (Lipinski definition) is 1. The van der Waals surface area contributed by atoms with E-state index in [2.05, 4.69) is 10.4 Å². The molecule has 24 heavy (non-hydrogen) atoms. The maximum Gasteiger partial charge on any atom is 0.416 e. The highest BCUT2D eigenvalue weighted by molar-refractivity contribution is 5.78. The van der Waals surface area contributed by atoms with Gasteiger partial charge in [0.15, 0.2) is 0 Å². The molecule has 2 heterocycles. The number of benzene rings is 2. The van der Waals surface area contributed by atoms with Gasteiger partial charge >= 0.3 is 6.18 Å². The Bertz CT molecular complexity index is 912. The predicted molar refractivity (Wildman–Crippen MR) is 85.6 cm³/mol. The zero-order valence-corrected chi connectivity index (χ0v) is 12.8. The number of aromatic nitrogens is 2. The molecule has 1 aliphatic rings. The third-order valence-corrected chi connectivity index (χ3v) is 4.16. The van der Waals surface area contributed by atoms with E-state index >= 15 is 0 Å². The topological polar surface area (TPSA) is 29.9 Å². The third-order valence-electron chi connectivity index (χ3n) is 4.16. The molecule has 1 aromatic heterocycles. The Morgan fingerprint density at radius 3 is 2.54 bits per heavy atom. The normalized spacial score (nSPS) is 16.2. The number of anilines is 1. The monoisotopic (exact) mass is 329 g/mol. The maximum absolute atomic E-state index is 13.4. The molecule has 1 unspecified atom stereocenters. The fourth-order valence-corrected chi connectivity index (χ4v) is 3.16. The molecule has 0 radical (unpaired) electrons. The molecule has 4 rings (SSSR count). The Labute approximate surface area is 136 Å². The highest BCUT2D eigenvalue weighted by Crippen LogP contribution is 2.41. The van der Waals surface area contributed by atoms with Gasteiger partial charge in [-0.05, 0) is 25.1 Å². The number of aryl methyl sites for hydroxylation is 1. The molecular formula is C18H14F3N3. The van der Waals surface area contributed by atoms with Gasteiger partial charge in [-0.3, -0.25) is 0 Å². The Hall–Kier alpha value is -2.76. The zero-order chi connectivity index (χ0) is 16.9. The summed E-state index contributed by atoms with van der Waals surface area (Å²) in [7, 11) is 0. The van der Waals surface area contributed by atoms with E-state index in [9.17, 15) is 13.2 Å². The molecule has 2 aromatic carbocycles. The van der Waals surface area contributed by atoms with Crippen LogP contribution in [-0.4, -0.2) is 9.78 Å². The second kappa shape index (κ2) is 5.12. The summed E-state index contributed by atoms with van der Waals surface area (Å²) in [5, 5.41) is 7.61. The van der Waals surface area contributed by atoms with E-state index in [4.69, 9.17) is 0 Å². The van der Waals surface area contributed by atoms with Gasteiger partial charge < -0.3 is 5.32 Å². The average molecular weight is 329 g/mol. The first-order valence-electron chi connectivity index (χ1n) is 7.53. The molecule has 0 aliphatic carbocycles. The minimum absolute atomic E-state index is 0.156. The number of nitrogens with zero attached hydrogens (tertiary/aromatic N) is 2. The highest BCUT2D eigenvalue weighted by Gasteiger charge is 2.37. The lowest BCUT2D eigenvalue weighted by atomic mass is 10.0. The molecule has 3 nitrogen and oxygen atoms in total. The van der Waals surface area contributed by atoms with Crippen molar-refractivity contribution in [2.75, 3.05) is 5.32 Å². The molecule has 0 spiro atoms. The fourth-order valence-electron chi connectivity index (χ4n) is 3.16. The van der Waals surface area contributed by atoms with Crippen LogP contribution in [0.25, 0.3) is 11.3 Å². The largest absolute Gasteiger partial charge is 0.416 e. The first kappa shape index (κ1) is 14.8. The van der Waals surface area contributed by atoms with Gasteiger partial charge in [0.25, 0.3) is 0 Å². The summed E-state index contributed by atoms with van der Waals surface area (Å²) >= 11 is 0. The van der Waals surface area contributed by atoms with Gasteiger partial charge in [-0.15, -0.1) is 0 Å². The second-order valence-corrected chi connectivity index (χ2v) is 5.79. The zero-order valence-electron chi connectivity index (χ0n) is 12.8. The lowest BCUT2D eigenvalue weighted by Gasteiger charge is -2.30. The summed E-state index contributed by atoms with van der Waals surface area (Å²) in [4.78, 5) is 0. The van der Waals surface area contributed by atoms with Crippen molar-refractivity contribution in [1.82, 2.24) is 9.78 Å². The molecule has 1 N–H and O–H groups in total. The van der Waals surface area contributed by atoms with Crippen LogP contribution in [0.3, 0.4) is 0 Å². The van der Waals surface area contributed by atoms with Gasteiger partial charge in [-0.2, -0.15) is 18.3 Å². The summed E-state index contributed by atoms with van der Waals surface area (Å²) in [6.45, 7) is 1.83. The lowest BCUT2D eigenvalue weighted by Crippen LogP contribution is -2.28. The summed E-state index contributed by atoms with van der Waals surface area (Å²) in [5.74, 6) is 0. The van der Waals surface area contributed by atoms with Gasteiger partial charge in [0, 0.05) is 16.8 Å². The number of nitrogens with one attached hydrogen (secondary N) is 1. The molecule has 6 heteroatoms. The number of rotatable bonds is 1. The number of fused-ring (bicyclic) bond motifs is 3. The smallest absolute Gasteiger partial charge is 0.359 e. The molecule has 1 aliphatic heterocycles. The van der Waals surface area contributed by atoms with Crippen molar-refractivity contribution < 1.29 is 13.2 Å². The van der Waals surface area contributed by atoms with E-state index in [0.717, 1.165) is 28.7 Å². The minimum atomic E-state index is -4.42. The van der Waals surface area contributed by atoms with Crippen LogP contribution in [0.4, 0.5) is 18.9 Å². The summed E-state index contributed by atoms with van der Waals surface area (Å²) in [6.07, 6.45) is -5.13. The summed E-state index contributed by atoms with van der Waals surface area (Å²) in [6, 6.07) is 15.1. The summed E-state index contributed by atoms with van der Waals surface area (Å²) < 4.78 is 41.9. The van der Waals surface area contributed by atoms with Gasteiger partial charge in [-0.25, -0.2) is 4.68 Å². The van der Waals surface area contributed by atoms with Crippen LogP contribution in [0.2, 0.25) is 0 Å². The fraction of sp³-hybridized carbons (Fsp3) is 0.167. The van der Waals surface area contributed by atoms with Crippen molar-refractivity contribution in [1.29, 1.82) is 0 Å². The van der Waals surface area contributed by atoms with Crippen molar-refractivity contribution in [3.8, 4) is 11.3 Å². The van der Waals surface area contributed by atoms with Crippen LogP contribution < -0.4 is 5.32 Å². The van der Waals surface area contributed by atoms with Crippen molar-refractivity contribution in [3.63, 3.8) is 0 Å². The molecule has 0 saturated heterocycles. The third kappa shape index (κ3) is 2.26. The highest BCUT2D eigenvalue weighted by atomic mass is 19.4. The molecule has 1 atom stereocenters. The van der Waals surface area contributed by atoms with Crippen LogP contribution in [0.1, 0.15) is 23.0 Å². The average Bonchev–Trinajstić information content (AvgIpc) is 2.95. The maximum atomic E-state index is 13.4. The van der Waals surface area contributed by atoms with Gasteiger partial charge in [0.05, 0.1) is 17.0 Å². The van der Waals surface area contributed by atoms with Gasteiger partial charge in [-0.1, -0.05) is 36.4 Å². The van der Waals surface area contributed by atoms with E-state index in [-0.39, 0.29) is 5.56 Å². The van der Waals surface area contributed by atoms with Crippen LogP contribution in [0, 0.1) is 6.92 Å². The molecule has 0 fully saturated rings. The number of halogens is 3.